The molecule has 4 aromatic rings. The number of pyridine rings is 1. The molecule has 0 fully saturated rings. The van der Waals surface area contributed by atoms with Gasteiger partial charge in [0, 0.05) is 24.2 Å². The summed E-state index contributed by atoms with van der Waals surface area (Å²) in [6.45, 7) is 5.93. The van der Waals surface area contributed by atoms with Crippen molar-refractivity contribution in [3.8, 4) is 22.7 Å². The van der Waals surface area contributed by atoms with Crippen LogP contribution in [0.3, 0.4) is 0 Å². The lowest BCUT2D eigenvalue weighted by atomic mass is 10.1. The van der Waals surface area contributed by atoms with Gasteiger partial charge >= 0.3 is 0 Å². The van der Waals surface area contributed by atoms with Gasteiger partial charge in [-0.1, -0.05) is 30.3 Å². The third-order valence-electron chi connectivity index (χ3n) is 4.99. The molecule has 4 rings (SSSR count). The number of aromatic nitrogens is 3. The monoisotopic (exact) mass is 426 g/mol. The van der Waals surface area contributed by atoms with Crippen molar-refractivity contribution in [2.75, 3.05) is 0 Å². The first-order chi connectivity index (χ1) is 15.5. The highest BCUT2D eigenvalue weighted by molar-refractivity contribution is 6.00. The van der Waals surface area contributed by atoms with Gasteiger partial charge in [-0.2, -0.15) is 5.10 Å². The first-order valence-corrected chi connectivity index (χ1v) is 10.6. The lowest BCUT2D eigenvalue weighted by Crippen LogP contribution is -2.26. The Morgan fingerprint density at radius 1 is 1.00 bits per heavy atom. The van der Waals surface area contributed by atoms with Crippen LogP contribution in [0.2, 0.25) is 0 Å². The van der Waals surface area contributed by atoms with Crippen molar-refractivity contribution < 1.29 is 9.53 Å². The number of nitrogens with one attached hydrogen (secondary N) is 1. The second-order valence-electron chi connectivity index (χ2n) is 7.85. The van der Waals surface area contributed by atoms with E-state index in [9.17, 15) is 4.79 Å². The number of carbonyl (C=O) groups excluding carboxylic acids is 1. The van der Waals surface area contributed by atoms with E-state index in [2.05, 4.69) is 10.3 Å². The van der Waals surface area contributed by atoms with Crippen LogP contribution < -0.4 is 10.1 Å². The summed E-state index contributed by atoms with van der Waals surface area (Å²) < 4.78 is 7.51. The minimum atomic E-state index is -0.208. The molecule has 6 heteroatoms. The maximum Gasteiger partial charge on any atom is 0.255 e. The van der Waals surface area contributed by atoms with Crippen molar-refractivity contribution in [2.24, 2.45) is 0 Å². The predicted octanol–water partition coefficient (Wildman–Crippen LogP) is 5.21. The van der Waals surface area contributed by atoms with Crippen LogP contribution in [0, 0.1) is 0 Å². The largest absolute Gasteiger partial charge is 0.491 e. The fourth-order valence-electron chi connectivity index (χ4n) is 3.46. The zero-order valence-electron chi connectivity index (χ0n) is 18.4. The van der Waals surface area contributed by atoms with E-state index in [-0.39, 0.29) is 18.1 Å². The fourth-order valence-corrected chi connectivity index (χ4v) is 3.46. The van der Waals surface area contributed by atoms with Crippen molar-refractivity contribution >= 4 is 5.91 Å². The maximum absolute atomic E-state index is 13.3. The number of hydrogen-bond donors (Lipinski definition) is 1. The number of hydrogen-bond acceptors (Lipinski definition) is 4. The summed E-state index contributed by atoms with van der Waals surface area (Å²) in [7, 11) is 0. The van der Waals surface area contributed by atoms with Crippen LogP contribution in [0.15, 0.2) is 85.3 Å². The van der Waals surface area contributed by atoms with Gasteiger partial charge in [0.05, 0.1) is 23.4 Å². The van der Waals surface area contributed by atoms with Gasteiger partial charge in [0.15, 0.2) is 0 Å². The summed E-state index contributed by atoms with van der Waals surface area (Å²) in [5, 5.41) is 7.79. The van der Waals surface area contributed by atoms with Gasteiger partial charge in [-0.05, 0) is 62.7 Å². The molecule has 2 heterocycles. The third kappa shape index (κ3) is 4.86. The van der Waals surface area contributed by atoms with Crippen molar-refractivity contribution in [3.05, 3.63) is 96.4 Å². The zero-order chi connectivity index (χ0) is 22.5. The Balaban J connectivity index is 1.63. The van der Waals surface area contributed by atoms with Crippen LogP contribution >= 0.6 is 0 Å². The molecule has 2 aromatic carbocycles. The number of nitrogens with zero attached hydrogens (tertiary/aromatic N) is 3. The first-order valence-electron chi connectivity index (χ1n) is 10.6. The second-order valence-corrected chi connectivity index (χ2v) is 7.85. The van der Waals surface area contributed by atoms with E-state index in [4.69, 9.17) is 9.84 Å². The van der Waals surface area contributed by atoms with Crippen molar-refractivity contribution in [1.29, 1.82) is 0 Å². The molecule has 0 radical (unpaired) electrons. The van der Waals surface area contributed by atoms with Crippen LogP contribution in [0.5, 0.6) is 5.75 Å². The smallest absolute Gasteiger partial charge is 0.255 e. The summed E-state index contributed by atoms with van der Waals surface area (Å²) in [5.41, 5.74) is 3.71. The van der Waals surface area contributed by atoms with E-state index in [1.54, 1.807) is 23.3 Å². The average molecular weight is 427 g/mol. The van der Waals surface area contributed by atoms with Crippen molar-refractivity contribution in [3.63, 3.8) is 0 Å². The van der Waals surface area contributed by atoms with E-state index < -0.39 is 0 Å². The molecule has 0 aliphatic carbocycles. The van der Waals surface area contributed by atoms with Crippen LogP contribution in [-0.2, 0) is 0 Å². The quantitative estimate of drug-likeness (QED) is 0.440. The fraction of sp³-hybridized carbons (Fsp3) is 0.192. The van der Waals surface area contributed by atoms with E-state index in [0.717, 1.165) is 22.6 Å². The summed E-state index contributed by atoms with van der Waals surface area (Å²) in [5.74, 6) is 0.584. The highest BCUT2D eigenvalue weighted by Crippen LogP contribution is 2.25. The normalized spacial score (nSPS) is 11.9. The van der Waals surface area contributed by atoms with Gasteiger partial charge in [0.1, 0.15) is 11.4 Å². The molecule has 2 aromatic heterocycles. The second kappa shape index (κ2) is 9.47. The van der Waals surface area contributed by atoms with E-state index in [1.807, 2.05) is 87.5 Å². The van der Waals surface area contributed by atoms with Gasteiger partial charge < -0.3 is 10.1 Å². The predicted molar refractivity (Wildman–Crippen MR) is 125 cm³/mol. The Hall–Kier alpha value is -3.93. The lowest BCUT2D eigenvalue weighted by molar-refractivity contribution is 0.0940. The topological polar surface area (TPSA) is 69.0 Å². The summed E-state index contributed by atoms with van der Waals surface area (Å²) in [6, 6.07) is 21.0. The number of amides is 1. The number of benzene rings is 2. The van der Waals surface area contributed by atoms with E-state index in [1.165, 1.54) is 0 Å². The molecule has 1 unspecified atom stereocenters. The van der Waals surface area contributed by atoms with Gasteiger partial charge in [0.2, 0.25) is 0 Å². The Morgan fingerprint density at radius 2 is 1.81 bits per heavy atom. The molecule has 1 atom stereocenters. The van der Waals surface area contributed by atoms with Gasteiger partial charge in [-0.25, -0.2) is 4.68 Å². The van der Waals surface area contributed by atoms with Crippen LogP contribution in [-0.4, -0.2) is 26.8 Å². The van der Waals surface area contributed by atoms with Gasteiger partial charge in [0.25, 0.3) is 5.91 Å². The molecule has 162 valence electrons. The summed E-state index contributed by atoms with van der Waals surface area (Å²) in [4.78, 5) is 17.5. The van der Waals surface area contributed by atoms with Crippen molar-refractivity contribution in [2.45, 2.75) is 32.9 Å². The summed E-state index contributed by atoms with van der Waals surface area (Å²) in [6.07, 6.45) is 5.26. The Bertz CT molecular complexity index is 1190. The number of ether oxygens (including phenoxy) is 1. The molecular formula is C26H26N4O2. The van der Waals surface area contributed by atoms with Gasteiger partial charge in [-0.3, -0.25) is 9.78 Å². The Morgan fingerprint density at radius 3 is 2.53 bits per heavy atom. The molecule has 1 amide bonds. The van der Waals surface area contributed by atoms with Gasteiger partial charge in [-0.15, -0.1) is 0 Å². The Kier molecular flexibility index (Phi) is 6.31. The van der Waals surface area contributed by atoms with Crippen LogP contribution in [0.25, 0.3) is 16.9 Å². The Labute approximate surface area is 187 Å². The standard InChI is InChI=1S/C26H26N4O2/c1-18(2)32-23-13-7-9-20(15-23)19(3)28-26(31)24-17-30(22-11-5-4-6-12-22)29-25(24)21-10-8-14-27-16-21/h4-19H,1-3H3,(H,28,31). The molecule has 1 N–H and O–H groups in total. The van der Waals surface area contributed by atoms with E-state index >= 15 is 0 Å². The molecule has 0 aliphatic rings. The molecule has 0 saturated heterocycles. The first kappa shape index (κ1) is 21.3. The van der Waals surface area contributed by atoms with Crippen LogP contribution in [0.4, 0.5) is 0 Å². The van der Waals surface area contributed by atoms with Crippen molar-refractivity contribution in [1.82, 2.24) is 20.1 Å². The van der Waals surface area contributed by atoms with Crippen LogP contribution in [0.1, 0.15) is 42.7 Å². The molecule has 0 bridgehead atoms. The molecule has 0 saturated carbocycles. The minimum absolute atomic E-state index is 0.0843. The zero-order valence-corrected chi connectivity index (χ0v) is 18.4. The highest BCUT2D eigenvalue weighted by atomic mass is 16.5. The molecule has 6 nitrogen and oxygen atoms in total. The average Bonchev–Trinajstić information content (AvgIpc) is 3.26. The lowest BCUT2D eigenvalue weighted by Gasteiger charge is -2.16. The maximum atomic E-state index is 13.3. The SMILES string of the molecule is CC(C)Oc1cccc(C(C)NC(=O)c2cn(-c3ccccc3)nc2-c2cccnc2)c1. The number of para-hydroxylation sites is 1. The highest BCUT2D eigenvalue weighted by Gasteiger charge is 2.21. The number of carbonyl (C=O) groups is 1. The van der Waals surface area contributed by atoms with E-state index in [0.29, 0.717) is 11.3 Å². The summed E-state index contributed by atoms with van der Waals surface area (Å²) >= 11 is 0. The molecule has 0 aliphatic heterocycles. The minimum Gasteiger partial charge on any atom is -0.491 e. The number of rotatable bonds is 7. The molecular weight excluding hydrogens is 400 g/mol. The molecule has 32 heavy (non-hydrogen) atoms. The third-order valence-corrected chi connectivity index (χ3v) is 4.99. The molecule has 0 spiro atoms.